The molecule has 2 aromatic rings. The lowest BCUT2D eigenvalue weighted by atomic mass is 10.2. The van der Waals surface area contributed by atoms with Gasteiger partial charge in [0.05, 0.1) is 11.0 Å². The summed E-state index contributed by atoms with van der Waals surface area (Å²) in [7, 11) is -3.16. The van der Waals surface area contributed by atoms with Crippen LogP contribution in [0.1, 0.15) is 26.5 Å². The smallest absolute Gasteiger partial charge is 0.158 e. The van der Waals surface area contributed by atoms with E-state index in [2.05, 4.69) is 0 Å². The van der Waals surface area contributed by atoms with Crippen LogP contribution in [0.25, 0.3) is 10.9 Å². The Bertz CT molecular complexity index is 702. The van der Waals surface area contributed by atoms with Crippen LogP contribution in [-0.2, 0) is 22.1 Å². The third kappa shape index (κ3) is 2.66. The van der Waals surface area contributed by atoms with Crippen molar-refractivity contribution in [3.8, 4) is 0 Å². The summed E-state index contributed by atoms with van der Waals surface area (Å²) < 4.78 is 39.2. The van der Waals surface area contributed by atoms with Gasteiger partial charge in [-0.05, 0) is 45.0 Å². The number of hydrogen-bond acceptors (Lipinski definition) is 2. The van der Waals surface area contributed by atoms with Gasteiger partial charge in [-0.2, -0.15) is 0 Å². The molecule has 0 aliphatic rings. The van der Waals surface area contributed by atoms with E-state index in [9.17, 15) is 12.8 Å². The molecule has 1 aromatic heterocycles. The van der Waals surface area contributed by atoms with Crippen molar-refractivity contribution < 1.29 is 12.8 Å². The first-order valence-electron chi connectivity index (χ1n) is 6.34. The summed E-state index contributed by atoms with van der Waals surface area (Å²) in [6.45, 7) is 5.97. The van der Waals surface area contributed by atoms with Crippen LogP contribution in [0.2, 0.25) is 0 Å². The first-order chi connectivity index (χ1) is 8.85. The molecule has 0 atom stereocenters. The lowest BCUT2D eigenvalue weighted by Crippen LogP contribution is -2.18. The summed E-state index contributed by atoms with van der Waals surface area (Å²) >= 11 is 0. The van der Waals surface area contributed by atoms with Crippen LogP contribution in [0.15, 0.2) is 24.3 Å². The molecule has 0 unspecified atom stereocenters. The molecule has 0 aliphatic heterocycles. The second-order valence-electron chi connectivity index (χ2n) is 4.94. The Morgan fingerprint density at radius 2 is 1.95 bits per heavy atom. The van der Waals surface area contributed by atoms with Crippen LogP contribution in [0.4, 0.5) is 4.39 Å². The minimum Gasteiger partial charge on any atom is -0.344 e. The predicted molar refractivity (Wildman–Crippen MR) is 75.3 cm³/mol. The zero-order valence-electron chi connectivity index (χ0n) is 11.4. The van der Waals surface area contributed by atoms with E-state index in [1.54, 1.807) is 26.0 Å². The highest BCUT2D eigenvalue weighted by Gasteiger charge is 2.20. The zero-order chi connectivity index (χ0) is 14.2. The lowest BCUT2D eigenvalue weighted by molar-refractivity contribution is 0.584. The number of benzene rings is 1. The van der Waals surface area contributed by atoms with E-state index in [1.165, 1.54) is 12.1 Å². The summed E-state index contributed by atoms with van der Waals surface area (Å²) in [4.78, 5) is 0. The molecule has 1 heterocycles. The summed E-state index contributed by atoms with van der Waals surface area (Å²) in [6, 6.07) is 6.30. The third-order valence-electron chi connectivity index (χ3n) is 3.33. The van der Waals surface area contributed by atoms with Gasteiger partial charge < -0.3 is 4.57 Å². The zero-order valence-corrected chi connectivity index (χ0v) is 12.2. The Balaban J connectivity index is 2.55. The molecular formula is C14H18FNO2S. The van der Waals surface area contributed by atoms with Gasteiger partial charge in [0.2, 0.25) is 0 Å². The number of halogens is 1. The van der Waals surface area contributed by atoms with E-state index in [-0.39, 0.29) is 11.6 Å². The fraction of sp³-hybridized carbons (Fsp3) is 0.429. The van der Waals surface area contributed by atoms with Gasteiger partial charge in [-0.1, -0.05) is 0 Å². The Hall–Kier alpha value is -1.36. The first-order valence-corrected chi connectivity index (χ1v) is 8.06. The fourth-order valence-corrected chi connectivity index (χ4v) is 3.15. The molecule has 0 radical (unpaired) electrons. The molecule has 0 spiro atoms. The summed E-state index contributed by atoms with van der Waals surface area (Å²) in [6.07, 6.45) is 0. The van der Waals surface area contributed by atoms with Crippen LogP contribution in [0.3, 0.4) is 0 Å². The van der Waals surface area contributed by atoms with Crippen molar-refractivity contribution in [3.05, 3.63) is 35.8 Å². The Labute approximate surface area is 113 Å². The van der Waals surface area contributed by atoms with Gasteiger partial charge in [-0.3, -0.25) is 0 Å². The summed E-state index contributed by atoms with van der Waals surface area (Å²) in [5, 5.41) is 0.336. The largest absolute Gasteiger partial charge is 0.344 e. The van der Waals surface area contributed by atoms with Gasteiger partial charge in [0.25, 0.3) is 0 Å². The van der Waals surface area contributed by atoms with E-state index in [0.717, 1.165) is 16.6 Å². The van der Waals surface area contributed by atoms with E-state index in [4.69, 9.17) is 0 Å². The molecule has 104 valence electrons. The quantitative estimate of drug-likeness (QED) is 0.864. The van der Waals surface area contributed by atoms with Crippen molar-refractivity contribution in [2.75, 3.05) is 0 Å². The van der Waals surface area contributed by atoms with Crippen LogP contribution in [0.5, 0.6) is 0 Å². The van der Waals surface area contributed by atoms with Crippen LogP contribution < -0.4 is 0 Å². The van der Waals surface area contributed by atoms with Gasteiger partial charge >= 0.3 is 0 Å². The fourth-order valence-electron chi connectivity index (χ4n) is 2.16. The normalized spacial score (nSPS) is 12.5. The average Bonchev–Trinajstić information content (AvgIpc) is 2.64. The second-order valence-corrected chi connectivity index (χ2v) is 7.50. The standard InChI is InChI=1S/C14H18FNO2S/c1-4-16-13(9-19(17,18)10(2)3)8-11-7-12(15)5-6-14(11)16/h5-8,10H,4,9H2,1-3H3. The van der Waals surface area contributed by atoms with Gasteiger partial charge in [0.1, 0.15) is 5.82 Å². The third-order valence-corrected chi connectivity index (χ3v) is 5.47. The maximum absolute atomic E-state index is 13.2. The molecule has 3 nitrogen and oxygen atoms in total. The summed E-state index contributed by atoms with van der Waals surface area (Å²) in [5.41, 5.74) is 1.59. The first kappa shape index (κ1) is 14.1. The predicted octanol–water partition coefficient (Wildman–Crippen LogP) is 3.12. The van der Waals surface area contributed by atoms with Crippen molar-refractivity contribution in [1.29, 1.82) is 0 Å². The maximum Gasteiger partial charge on any atom is 0.158 e. The number of aryl methyl sites for hydroxylation is 1. The van der Waals surface area contributed by atoms with Crippen molar-refractivity contribution in [2.45, 2.75) is 38.3 Å². The molecule has 19 heavy (non-hydrogen) atoms. The highest BCUT2D eigenvalue weighted by molar-refractivity contribution is 7.91. The molecule has 1 aromatic carbocycles. The Morgan fingerprint density at radius 3 is 2.53 bits per heavy atom. The summed E-state index contributed by atoms with van der Waals surface area (Å²) in [5.74, 6) is -0.312. The van der Waals surface area contributed by atoms with Gasteiger partial charge in [0, 0.05) is 23.1 Å². The Morgan fingerprint density at radius 1 is 1.26 bits per heavy atom. The SMILES string of the molecule is CCn1c(CS(=O)(=O)C(C)C)cc2cc(F)ccc21. The van der Waals surface area contributed by atoms with Crippen molar-refractivity contribution in [3.63, 3.8) is 0 Å². The second kappa shape index (κ2) is 4.96. The van der Waals surface area contributed by atoms with E-state index in [1.807, 2.05) is 11.5 Å². The number of fused-ring (bicyclic) bond motifs is 1. The van der Waals surface area contributed by atoms with E-state index in [0.29, 0.717) is 6.54 Å². The maximum atomic E-state index is 13.2. The van der Waals surface area contributed by atoms with E-state index >= 15 is 0 Å². The molecule has 0 bridgehead atoms. The molecule has 0 aliphatic carbocycles. The Kier molecular flexibility index (Phi) is 3.67. The number of rotatable bonds is 4. The van der Waals surface area contributed by atoms with E-state index < -0.39 is 15.1 Å². The molecule has 0 fully saturated rings. The minimum atomic E-state index is -3.16. The lowest BCUT2D eigenvalue weighted by Gasteiger charge is -2.10. The monoisotopic (exact) mass is 283 g/mol. The van der Waals surface area contributed by atoms with Crippen molar-refractivity contribution in [1.82, 2.24) is 4.57 Å². The number of nitrogens with zero attached hydrogens (tertiary/aromatic N) is 1. The van der Waals surface area contributed by atoms with Crippen molar-refractivity contribution >= 4 is 20.7 Å². The highest BCUT2D eigenvalue weighted by atomic mass is 32.2. The van der Waals surface area contributed by atoms with Crippen molar-refractivity contribution in [2.24, 2.45) is 0 Å². The van der Waals surface area contributed by atoms with Crippen LogP contribution in [0, 0.1) is 5.82 Å². The van der Waals surface area contributed by atoms with Gasteiger partial charge in [0.15, 0.2) is 9.84 Å². The molecule has 0 saturated heterocycles. The molecule has 0 N–H and O–H groups in total. The van der Waals surface area contributed by atoms with Gasteiger partial charge in [-0.15, -0.1) is 0 Å². The minimum absolute atomic E-state index is 0.00515. The molecule has 0 saturated carbocycles. The topological polar surface area (TPSA) is 39.1 Å². The number of aromatic nitrogens is 1. The average molecular weight is 283 g/mol. The highest BCUT2D eigenvalue weighted by Crippen LogP contribution is 2.23. The molecule has 0 amide bonds. The van der Waals surface area contributed by atoms with Gasteiger partial charge in [-0.25, -0.2) is 12.8 Å². The molecule has 5 heteroatoms. The number of sulfone groups is 1. The molecule has 2 rings (SSSR count). The molecular weight excluding hydrogens is 265 g/mol. The van der Waals surface area contributed by atoms with Crippen LogP contribution in [-0.4, -0.2) is 18.2 Å². The number of hydrogen-bond donors (Lipinski definition) is 0. The van der Waals surface area contributed by atoms with Crippen LogP contribution >= 0.6 is 0 Å².